The fourth-order valence-corrected chi connectivity index (χ4v) is 3.96. The highest BCUT2D eigenvalue weighted by Crippen LogP contribution is 2.37. The van der Waals surface area contributed by atoms with E-state index in [0.29, 0.717) is 11.8 Å². The van der Waals surface area contributed by atoms with Crippen molar-refractivity contribution in [1.82, 2.24) is 5.32 Å². The Labute approximate surface area is 142 Å². The number of carbonyl (C=O) groups excluding carboxylic acids is 2. The maximum Gasteiger partial charge on any atom is 0.224 e. The summed E-state index contributed by atoms with van der Waals surface area (Å²) in [6, 6.07) is 0. The van der Waals surface area contributed by atoms with Gasteiger partial charge in [0, 0.05) is 11.5 Å². The van der Waals surface area contributed by atoms with Gasteiger partial charge in [0.15, 0.2) is 0 Å². The summed E-state index contributed by atoms with van der Waals surface area (Å²) in [7, 11) is 0. The molecule has 0 aromatic rings. The van der Waals surface area contributed by atoms with Crippen molar-refractivity contribution in [3.05, 3.63) is 0 Å². The van der Waals surface area contributed by atoms with Crippen molar-refractivity contribution in [2.75, 3.05) is 0 Å². The lowest BCUT2D eigenvalue weighted by molar-refractivity contribution is -0.136. The Morgan fingerprint density at radius 3 is 2.04 bits per heavy atom. The van der Waals surface area contributed by atoms with Gasteiger partial charge in [0.05, 0.1) is 5.92 Å². The third kappa shape index (κ3) is 6.15. The molecule has 1 saturated carbocycles. The normalized spacial score (nSPS) is 20.3. The maximum atomic E-state index is 12.7. The summed E-state index contributed by atoms with van der Waals surface area (Å²) < 4.78 is 0. The first-order chi connectivity index (χ1) is 10.5. The molecule has 0 bridgehead atoms. The van der Waals surface area contributed by atoms with Crippen molar-refractivity contribution >= 4 is 11.8 Å². The van der Waals surface area contributed by atoms with Crippen molar-refractivity contribution in [3.63, 3.8) is 0 Å². The van der Waals surface area contributed by atoms with Crippen molar-refractivity contribution in [1.29, 1.82) is 0 Å². The molecule has 4 nitrogen and oxygen atoms in total. The molecule has 1 aliphatic rings. The van der Waals surface area contributed by atoms with Crippen LogP contribution in [-0.2, 0) is 9.59 Å². The molecule has 1 rings (SSSR count). The van der Waals surface area contributed by atoms with Crippen LogP contribution in [0.25, 0.3) is 0 Å². The quantitative estimate of drug-likeness (QED) is 0.752. The number of nitrogens with two attached hydrogens (primary N) is 1. The van der Waals surface area contributed by atoms with Gasteiger partial charge in [0.2, 0.25) is 11.8 Å². The molecule has 3 N–H and O–H groups in total. The Balaban J connectivity index is 2.88. The molecule has 0 heterocycles. The van der Waals surface area contributed by atoms with Crippen LogP contribution in [0.4, 0.5) is 0 Å². The highest BCUT2D eigenvalue weighted by Gasteiger charge is 2.38. The van der Waals surface area contributed by atoms with Gasteiger partial charge in [0.1, 0.15) is 0 Å². The Bertz CT molecular complexity index is 406. The van der Waals surface area contributed by atoms with Gasteiger partial charge in [-0.05, 0) is 44.9 Å². The van der Waals surface area contributed by atoms with E-state index in [9.17, 15) is 9.59 Å². The topological polar surface area (TPSA) is 72.2 Å². The van der Waals surface area contributed by atoms with Gasteiger partial charge in [-0.3, -0.25) is 9.59 Å². The lowest BCUT2D eigenvalue weighted by Gasteiger charge is -2.33. The summed E-state index contributed by atoms with van der Waals surface area (Å²) in [5.74, 6) is 0.0933. The number of nitrogens with one attached hydrogen (secondary N) is 1. The molecule has 0 aromatic carbocycles. The maximum absolute atomic E-state index is 12.7. The largest absolute Gasteiger partial charge is 0.369 e. The van der Waals surface area contributed by atoms with E-state index >= 15 is 0 Å². The van der Waals surface area contributed by atoms with Gasteiger partial charge in [-0.2, -0.15) is 0 Å². The lowest BCUT2D eigenvalue weighted by atomic mass is 9.74. The fraction of sp³-hybridized carbons (Fsp3) is 0.895. The van der Waals surface area contributed by atoms with E-state index in [-0.39, 0.29) is 35.1 Å². The van der Waals surface area contributed by atoms with Crippen LogP contribution >= 0.6 is 0 Å². The van der Waals surface area contributed by atoms with Crippen molar-refractivity contribution < 1.29 is 9.59 Å². The Morgan fingerprint density at radius 1 is 1.13 bits per heavy atom. The van der Waals surface area contributed by atoms with Gasteiger partial charge in [-0.25, -0.2) is 0 Å². The summed E-state index contributed by atoms with van der Waals surface area (Å²) >= 11 is 0. The van der Waals surface area contributed by atoms with Crippen LogP contribution in [0.3, 0.4) is 0 Å². The molecule has 2 unspecified atom stereocenters. The number of rotatable bonds is 7. The number of carbonyl (C=O) groups is 2. The van der Waals surface area contributed by atoms with Crippen LogP contribution in [0.15, 0.2) is 0 Å². The van der Waals surface area contributed by atoms with Crippen LogP contribution in [0.2, 0.25) is 0 Å². The van der Waals surface area contributed by atoms with Gasteiger partial charge >= 0.3 is 0 Å². The molecule has 0 aliphatic heterocycles. The number of primary amides is 1. The fourth-order valence-electron chi connectivity index (χ4n) is 3.96. The Morgan fingerprint density at radius 2 is 1.65 bits per heavy atom. The van der Waals surface area contributed by atoms with E-state index in [2.05, 4.69) is 12.2 Å². The minimum absolute atomic E-state index is 0.0464. The average molecular weight is 325 g/mol. The van der Waals surface area contributed by atoms with Crippen molar-refractivity contribution in [2.24, 2.45) is 35.3 Å². The molecule has 134 valence electrons. The minimum atomic E-state index is -0.382. The van der Waals surface area contributed by atoms with Gasteiger partial charge in [0.25, 0.3) is 0 Å². The van der Waals surface area contributed by atoms with E-state index in [0.717, 1.165) is 6.42 Å². The molecule has 0 radical (unpaired) electrons. The molecule has 1 fully saturated rings. The summed E-state index contributed by atoms with van der Waals surface area (Å²) in [6.07, 6.45) is 5.78. The first kappa shape index (κ1) is 20.0. The summed E-state index contributed by atoms with van der Waals surface area (Å²) in [5, 5.41) is 3.03. The predicted octanol–water partition coefficient (Wildman–Crippen LogP) is 3.49. The van der Waals surface area contributed by atoms with Crippen LogP contribution in [-0.4, -0.2) is 17.4 Å². The molecular formula is C19H36N2O2. The smallest absolute Gasteiger partial charge is 0.224 e. The van der Waals surface area contributed by atoms with Crippen LogP contribution in [0.1, 0.15) is 73.6 Å². The highest BCUT2D eigenvalue weighted by molar-refractivity contribution is 5.87. The highest BCUT2D eigenvalue weighted by atomic mass is 16.2. The van der Waals surface area contributed by atoms with Crippen LogP contribution < -0.4 is 11.1 Å². The second kappa shape index (κ2) is 8.16. The third-order valence-electron chi connectivity index (χ3n) is 5.15. The molecular weight excluding hydrogens is 288 g/mol. The summed E-state index contributed by atoms with van der Waals surface area (Å²) in [5.41, 5.74) is 5.40. The summed E-state index contributed by atoms with van der Waals surface area (Å²) in [4.78, 5) is 24.8. The van der Waals surface area contributed by atoms with Crippen molar-refractivity contribution in [2.45, 2.75) is 79.2 Å². The molecule has 23 heavy (non-hydrogen) atoms. The summed E-state index contributed by atoms with van der Waals surface area (Å²) in [6.45, 7) is 12.1. The monoisotopic (exact) mass is 324 g/mol. The average Bonchev–Trinajstić information content (AvgIpc) is 2.88. The first-order valence-corrected chi connectivity index (χ1v) is 9.14. The van der Waals surface area contributed by atoms with E-state index < -0.39 is 0 Å². The molecule has 0 spiro atoms. The SMILES string of the molecule is CC(C)C(C(=O)NC(C)(C)C)[C@H](CC(C)C1CCCC1)C(N)=O. The van der Waals surface area contributed by atoms with Gasteiger partial charge in [-0.15, -0.1) is 0 Å². The first-order valence-electron chi connectivity index (χ1n) is 9.14. The predicted molar refractivity (Wildman–Crippen MR) is 94.6 cm³/mol. The molecule has 0 saturated heterocycles. The van der Waals surface area contributed by atoms with E-state index in [4.69, 9.17) is 5.73 Å². The zero-order chi connectivity index (χ0) is 17.8. The molecule has 2 amide bonds. The van der Waals surface area contributed by atoms with Crippen LogP contribution in [0.5, 0.6) is 0 Å². The van der Waals surface area contributed by atoms with E-state index in [1.165, 1.54) is 25.7 Å². The minimum Gasteiger partial charge on any atom is -0.369 e. The van der Waals surface area contributed by atoms with E-state index in [1.807, 2.05) is 34.6 Å². The Hall–Kier alpha value is -1.06. The number of amides is 2. The molecule has 0 aromatic heterocycles. The van der Waals surface area contributed by atoms with Gasteiger partial charge < -0.3 is 11.1 Å². The Kier molecular flexibility index (Phi) is 7.09. The zero-order valence-electron chi connectivity index (χ0n) is 15.8. The second-order valence-corrected chi connectivity index (χ2v) is 8.78. The molecule has 3 atom stereocenters. The van der Waals surface area contributed by atoms with E-state index in [1.54, 1.807) is 0 Å². The third-order valence-corrected chi connectivity index (χ3v) is 5.15. The number of hydrogen-bond acceptors (Lipinski definition) is 2. The standard InChI is InChI=1S/C19H36N2O2/c1-12(2)16(18(23)21-19(4,5)6)15(17(20)22)11-13(3)14-9-7-8-10-14/h12-16H,7-11H2,1-6H3,(H2,20,22)(H,21,23)/t13?,15-,16?/m0/s1. The molecule has 1 aliphatic carbocycles. The zero-order valence-corrected chi connectivity index (χ0v) is 15.8. The van der Waals surface area contributed by atoms with Crippen LogP contribution in [0, 0.1) is 29.6 Å². The van der Waals surface area contributed by atoms with Gasteiger partial charge in [-0.1, -0.05) is 46.5 Å². The number of hydrogen-bond donors (Lipinski definition) is 2. The van der Waals surface area contributed by atoms with Crippen molar-refractivity contribution in [3.8, 4) is 0 Å². The lowest BCUT2D eigenvalue weighted by Crippen LogP contribution is -2.49. The second-order valence-electron chi connectivity index (χ2n) is 8.78. The molecule has 4 heteroatoms.